The number of nitrogens with zero attached hydrogens (tertiary/aromatic N) is 2. The normalized spacial score (nSPS) is 31.7. The zero-order valence-electron chi connectivity index (χ0n) is 14.5. The van der Waals surface area contributed by atoms with Crippen LogP contribution in [0.3, 0.4) is 0 Å². The van der Waals surface area contributed by atoms with Gasteiger partial charge in [-0.05, 0) is 50.7 Å². The largest absolute Gasteiger partial charge is 0.325 e. The summed E-state index contributed by atoms with van der Waals surface area (Å²) in [4.78, 5) is 17.3. The Balaban J connectivity index is 2.05. The van der Waals surface area contributed by atoms with E-state index in [4.69, 9.17) is 0 Å². The number of nitrogens with one attached hydrogen (secondary N) is 1. The highest BCUT2D eigenvalue weighted by Crippen LogP contribution is 2.34. The molecule has 2 aliphatic heterocycles. The SMILES string of the molecule is CCC(C)C1NC(CC)N(CC2(C)CCN(C)CC2)C1=O. The third-order valence-electron chi connectivity index (χ3n) is 5.64. The van der Waals surface area contributed by atoms with Gasteiger partial charge in [-0.3, -0.25) is 10.1 Å². The van der Waals surface area contributed by atoms with E-state index < -0.39 is 0 Å². The number of amides is 1. The van der Waals surface area contributed by atoms with Gasteiger partial charge in [0.25, 0.3) is 0 Å². The van der Waals surface area contributed by atoms with E-state index in [0.717, 1.165) is 32.5 Å². The third-order valence-corrected chi connectivity index (χ3v) is 5.64. The molecule has 3 unspecified atom stereocenters. The van der Waals surface area contributed by atoms with Crippen molar-refractivity contribution in [2.75, 3.05) is 26.7 Å². The lowest BCUT2D eigenvalue weighted by atomic mass is 9.80. The summed E-state index contributed by atoms with van der Waals surface area (Å²) in [6.45, 7) is 12.1. The van der Waals surface area contributed by atoms with Crippen molar-refractivity contribution in [2.24, 2.45) is 11.3 Å². The lowest BCUT2D eigenvalue weighted by Gasteiger charge is -2.41. The summed E-state index contributed by atoms with van der Waals surface area (Å²) in [6.07, 6.45) is 4.66. The maximum absolute atomic E-state index is 12.8. The monoisotopic (exact) mass is 295 g/mol. The van der Waals surface area contributed by atoms with Crippen LogP contribution in [0.15, 0.2) is 0 Å². The van der Waals surface area contributed by atoms with Gasteiger partial charge in [-0.1, -0.05) is 34.1 Å². The van der Waals surface area contributed by atoms with Crippen LogP contribution in [0.25, 0.3) is 0 Å². The van der Waals surface area contributed by atoms with E-state index in [0.29, 0.717) is 11.8 Å². The molecule has 2 heterocycles. The highest BCUT2D eigenvalue weighted by Gasteiger charge is 2.43. The number of carbonyl (C=O) groups excluding carboxylic acids is 1. The van der Waals surface area contributed by atoms with E-state index in [1.54, 1.807) is 0 Å². The lowest BCUT2D eigenvalue weighted by molar-refractivity contribution is -0.132. The Morgan fingerprint density at radius 2 is 1.95 bits per heavy atom. The maximum Gasteiger partial charge on any atom is 0.241 e. The van der Waals surface area contributed by atoms with Crippen LogP contribution in [0, 0.1) is 11.3 Å². The summed E-state index contributed by atoms with van der Waals surface area (Å²) >= 11 is 0. The molecule has 4 nitrogen and oxygen atoms in total. The highest BCUT2D eigenvalue weighted by molar-refractivity contribution is 5.84. The van der Waals surface area contributed by atoms with Crippen LogP contribution in [-0.4, -0.2) is 54.6 Å². The van der Waals surface area contributed by atoms with E-state index in [1.807, 2.05) is 0 Å². The second kappa shape index (κ2) is 6.66. The van der Waals surface area contributed by atoms with E-state index >= 15 is 0 Å². The van der Waals surface area contributed by atoms with Gasteiger partial charge in [0, 0.05) is 6.54 Å². The quantitative estimate of drug-likeness (QED) is 0.845. The molecule has 0 aromatic heterocycles. The first-order valence-electron chi connectivity index (χ1n) is 8.65. The maximum atomic E-state index is 12.8. The summed E-state index contributed by atoms with van der Waals surface area (Å²) in [5, 5.41) is 3.57. The van der Waals surface area contributed by atoms with Gasteiger partial charge in [-0.25, -0.2) is 0 Å². The molecule has 4 heteroatoms. The van der Waals surface area contributed by atoms with Gasteiger partial charge < -0.3 is 9.80 Å². The summed E-state index contributed by atoms with van der Waals surface area (Å²) in [5.74, 6) is 0.748. The van der Waals surface area contributed by atoms with Crippen LogP contribution < -0.4 is 5.32 Å². The van der Waals surface area contributed by atoms with Gasteiger partial charge in [0.2, 0.25) is 5.91 Å². The van der Waals surface area contributed by atoms with Gasteiger partial charge in [0.1, 0.15) is 0 Å². The molecule has 0 radical (unpaired) electrons. The molecule has 0 aliphatic carbocycles. The average Bonchev–Trinajstić information content (AvgIpc) is 2.78. The zero-order chi connectivity index (χ0) is 15.6. The van der Waals surface area contributed by atoms with Crippen molar-refractivity contribution < 1.29 is 4.79 Å². The van der Waals surface area contributed by atoms with Crippen molar-refractivity contribution in [1.82, 2.24) is 15.1 Å². The molecule has 2 rings (SSSR count). The number of hydrogen-bond donors (Lipinski definition) is 1. The first-order valence-corrected chi connectivity index (χ1v) is 8.65. The van der Waals surface area contributed by atoms with Crippen LogP contribution >= 0.6 is 0 Å². The van der Waals surface area contributed by atoms with Gasteiger partial charge in [0.15, 0.2) is 0 Å². The lowest BCUT2D eigenvalue weighted by Crippen LogP contribution is -2.47. The van der Waals surface area contributed by atoms with Crippen molar-refractivity contribution in [3.8, 4) is 0 Å². The molecule has 0 spiro atoms. The molecule has 1 N–H and O–H groups in total. The number of hydrogen-bond acceptors (Lipinski definition) is 3. The molecule has 2 saturated heterocycles. The van der Waals surface area contributed by atoms with Crippen molar-refractivity contribution in [1.29, 1.82) is 0 Å². The fraction of sp³-hybridized carbons (Fsp3) is 0.941. The zero-order valence-corrected chi connectivity index (χ0v) is 14.5. The van der Waals surface area contributed by atoms with Gasteiger partial charge in [-0.15, -0.1) is 0 Å². The van der Waals surface area contributed by atoms with Crippen molar-refractivity contribution >= 4 is 5.91 Å². The minimum Gasteiger partial charge on any atom is -0.325 e. The van der Waals surface area contributed by atoms with Crippen molar-refractivity contribution in [3.63, 3.8) is 0 Å². The number of piperidine rings is 1. The van der Waals surface area contributed by atoms with Gasteiger partial charge in [0.05, 0.1) is 12.2 Å². The van der Waals surface area contributed by atoms with E-state index in [1.165, 1.54) is 12.8 Å². The molecule has 1 amide bonds. The Kier molecular flexibility index (Phi) is 5.31. The number of rotatable bonds is 5. The predicted octanol–water partition coefficient (Wildman–Crippen LogP) is 2.30. The minimum atomic E-state index is 0.0230. The number of likely N-dealkylation sites (tertiary alicyclic amines) is 1. The summed E-state index contributed by atoms with van der Waals surface area (Å²) in [7, 11) is 2.19. The van der Waals surface area contributed by atoms with Crippen LogP contribution in [-0.2, 0) is 4.79 Å². The summed E-state index contributed by atoms with van der Waals surface area (Å²) in [6, 6.07) is 0.0230. The van der Waals surface area contributed by atoms with Crippen LogP contribution in [0.5, 0.6) is 0 Å². The van der Waals surface area contributed by atoms with Crippen LogP contribution in [0.1, 0.15) is 53.4 Å². The Morgan fingerprint density at radius 3 is 2.48 bits per heavy atom. The average molecular weight is 295 g/mol. The van der Waals surface area contributed by atoms with Gasteiger partial charge >= 0.3 is 0 Å². The molecule has 122 valence electrons. The topological polar surface area (TPSA) is 35.6 Å². The molecule has 0 aromatic carbocycles. The highest BCUT2D eigenvalue weighted by atomic mass is 16.2. The molecular weight excluding hydrogens is 262 g/mol. The second-order valence-corrected chi connectivity index (χ2v) is 7.53. The standard InChI is InChI=1S/C17H33N3O/c1-6-13(3)15-16(21)20(14(7-2)18-15)12-17(4)8-10-19(5)11-9-17/h13-15,18H,6-12H2,1-5H3. The Hall–Kier alpha value is -0.610. The van der Waals surface area contributed by atoms with Crippen LogP contribution in [0.4, 0.5) is 0 Å². The van der Waals surface area contributed by atoms with E-state index in [9.17, 15) is 4.79 Å². The van der Waals surface area contributed by atoms with Gasteiger partial charge in [-0.2, -0.15) is 0 Å². The van der Waals surface area contributed by atoms with Crippen LogP contribution in [0.2, 0.25) is 0 Å². The van der Waals surface area contributed by atoms with E-state index in [2.05, 4.69) is 49.9 Å². The Labute approximate surface area is 130 Å². The summed E-state index contributed by atoms with van der Waals surface area (Å²) in [5.41, 5.74) is 0.279. The third kappa shape index (κ3) is 3.59. The predicted molar refractivity (Wildman–Crippen MR) is 87.0 cm³/mol. The molecule has 3 atom stereocenters. The van der Waals surface area contributed by atoms with E-state index in [-0.39, 0.29) is 17.6 Å². The Morgan fingerprint density at radius 1 is 1.33 bits per heavy atom. The first-order chi connectivity index (χ1) is 9.90. The molecule has 0 saturated carbocycles. The molecular formula is C17H33N3O. The minimum absolute atomic E-state index is 0.0230. The Bertz CT molecular complexity index is 363. The molecule has 21 heavy (non-hydrogen) atoms. The fourth-order valence-electron chi connectivity index (χ4n) is 3.60. The second-order valence-electron chi connectivity index (χ2n) is 7.53. The molecule has 0 bridgehead atoms. The first kappa shape index (κ1) is 16.8. The molecule has 2 fully saturated rings. The smallest absolute Gasteiger partial charge is 0.241 e. The number of carbonyl (C=O) groups is 1. The summed E-state index contributed by atoms with van der Waals surface area (Å²) < 4.78 is 0. The van der Waals surface area contributed by atoms with Crippen molar-refractivity contribution in [3.05, 3.63) is 0 Å². The molecule has 2 aliphatic rings. The fourth-order valence-corrected chi connectivity index (χ4v) is 3.60. The molecule has 0 aromatic rings. The van der Waals surface area contributed by atoms with Crippen molar-refractivity contribution in [2.45, 2.75) is 65.6 Å².